The summed E-state index contributed by atoms with van der Waals surface area (Å²) in [6.07, 6.45) is 0. The highest BCUT2D eigenvalue weighted by Gasteiger charge is 2.12. The van der Waals surface area contributed by atoms with Gasteiger partial charge in [-0.1, -0.05) is 0 Å². The minimum absolute atomic E-state index is 0.475. The molecule has 0 unspecified atom stereocenters. The van der Waals surface area contributed by atoms with Crippen molar-refractivity contribution < 1.29 is 9.47 Å². The molecule has 0 aliphatic rings. The number of thiocarbonyl (C=S) groups is 1. The van der Waals surface area contributed by atoms with Crippen LogP contribution in [0.2, 0.25) is 0 Å². The van der Waals surface area contributed by atoms with Gasteiger partial charge in [-0.2, -0.15) is 5.10 Å². The fourth-order valence-corrected chi connectivity index (χ4v) is 2.34. The minimum Gasteiger partial charge on any atom is -0.497 e. The molecule has 0 radical (unpaired) electrons. The summed E-state index contributed by atoms with van der Waals surface area (Å²) in [4.78, 5) is 0. The standard InChI is InChI=1S/C15H20N4O2S/c1-9-14(10(2)19(3)18-9)17-15(22)16-12-7-6-11(20-4)8-13(12)21-5/h6-8H,1-5H3,(H2,16,17,22). The molecule has 7 heteroatoms. The first-order valence-corrected chi connectivity index (χ1v) is 7.17. The first-order valence-electron chi connectivity index (χ1n) is 6.76. The van der Waals surface area contributed by atoms with Gasteiger partial charge in [0, 0.05) is 13.1 Å². The molecule has 0 bridgehead atoms. The smallest absolute Gasteiger partial charge is 0.175 e. The molecule has 0 aliphatic carbocycles. The molecule has 0 amide bonds. The number of hydrogen-bond donors (Lipinski definition) is 2. The van der Waals surface area contributed by atoms with Crippen LogP contribution in [0.5, 0.6) is 11.5 Å². The van der Waals surface area contributed by atoms with Gasteiger partial charge in [0.1, 0.15) is 11.5 Å². The summed E-state index contributed by atoms with van der Waals surface area (Å²) >= 11 is 5.37. The summed E-state index contributed by atoms with van der Waals surface area (Å²) in [6, 6.07) is 5.49. The number of rotatable bonds is 4. The Morgan fingerprint density at radius 1 is 1.18 bits per heavy atom. The average molecular weight is 320 g/mol. The SMILES string of the molecule is COc1ccc(NC(=S)Nc2c(C)nn(C)c2C)c(OC)c1. The summed E-state index contributed by atoms with van der Waals surface area (Å²) in [5.74, 6) is 1.38. The van der Waals surface area contributed by atoms with E-state index in [1.165, 1.54) is 0 Å². The summed E-state index contributed by atoms with van der Waals surface area (Å²) in [7, 11) is 5.12. The van der Waals surface area contributed by atoms with Crippen molar-refractivity contribution in [3.63, 3.8) is 0 Å². The molecule has 0 saturated carbocycles. The largest absolute Gasteiger partial charge is 0.497 e. The maximum absolute atomic E-state index is 5.37. The number of ether oxygens (including phenoxy) is 2. The van der Waals surface area contributed by atoms with Gasteiger partial charge in [-0.15, -0.1) is 0 Å². The first-order chi connectivity index (χ1) is 10.5. The van der Waals surface area contributed by atoms with Crippen molar-refractivity contribution in [3.8, 4) is 11.5 Å². The average Bonchev–Trinajstić information content (AvgIpc) is 2.74. The lowest BCUT2D eigenvalue weighted by molar-refractivity contribution is 0.395. The second-order valence-corrected chi connectivity index (χ2v) is 5.22. The maximum atomic E-state index is 5.37. The van der Waals surface area contributed by atoms with Crippen molar-refractivity contribution in [1.82, 2.24) is 9.78 Å². The summed E-state index contributed by atoms with van der Waals surface area (Å²) in [5, 5.41) is 11.1. The Morgan fingerprint density at radius 3 is 2.45 bits per heavy atom. The Labute approximate surface area is 135 Å². The van der Waals surface area contributed by atoms with E-state index in [9.17, 15) is 0 Å². The van der Waals surface area contributed by atoms with Gasteiger partial charge in [0.05, 0.1) is 37.0 Å². The van der Waals surface area contributed by atoms with E-state index in [0.717, 1.165) is 28.5 Å². The topological polar surface area (TPSA) is 60.3 Å². The number of nitrogens with zero attached hydrogens (tertiary/aromatic N) is 2. The minimum atomic E-state index is 0.475. The molecule has 0 atom stereocenters. The Bertz CT molecular complexity index is 697. The number of benzene rings is 1. The zero-order chi connectivity index (χ0) is 16.3. The van der Waals surface area contributed by atoms with Crippen molar-refractivity contribution in [1.29, 1.82) is 0 Å². The van der Waals surface area contributed by atoms with Crippen molar-refractivity contribution in [3.05, 3.63) is 29.6 Å². The second kappa shape index (κ2) is 6.65. The maximum Gasteiger partial charge on any atom is 0.175 e. The van der Waals surface area contributed by atoms with Gasteiger partial charge in [0.25, 0.3) is 0 Å². The third-order valence-corrected chi connectivity index (χ3v) is 3.61. The highest BCUT2D eigenvalue weighted by molar-refractivity contribution is 7.80. The van der Waals surface area contributed by atoms with Crippen molar-refractivity contribution in [2.75, 3.05) is 24.9 Å². The van der Waals surface area contributed by atoms with E-state index in [0.29, 0.717) is 10.9 Å². The monoisotopic (exact) mass is 320 g/mol. The van der Waals surface area contributed by atoms with Crippen LogP contribution in [-0.2, 0) is 7.05 Å². The first kappa shape index (κ1) is 16.1. The number of nitrogens with one attached hydrogen (secondary N) is 2. The molecule has 0 saturated heterocycles. The van der Waals surface area contributed by atoms with E-state index in [1.54, 1.807) is 20.3 Å². The van der Waals surface area contributed by atoms with E-state index in [-0.39, 0.29) is 0 Å². The molecule has 1 aromatic carbocycles. The predicted octanol–water partition coefficient (Wildman–Crippen LogP) is 2.86. The fraction of sp³-hybridized carbons (Fsp3) is 0.333. The van der Waals surface area contributed by atoms with Gasteiger partial charge in [0.15, 0.2) is 5.11 Å². The van der Waals surface area contributed by atoms with E-state index in [4.69, 9.17) is 21.7 Å². The van der Waals surface area contributed by atoms with Crippen LogP contribution in [0.4, 0.5) is 11.4 Å². The molecule has 0 fully saturated rings. The van der Waals surface area contributed by atoms with Gasteiger partial charge in [-0.05, 0) is 38.2 Å². The summed E-state index contributed by atoms with van der Waals surface area (Å²) in [5.41, 5.74) is 3.58. The number of anilines is 2. The van der Waals surface area contributed by atoms with Crippen molar-refractivity contribution in [2.45, 2.75) is 13.8 Å². The Balaban J connectivity index is 2.15. The Hall–Kier alpha value is -2.28. The van der Waals surface area contributed by atoms with Crippen LogP contribution >= 0.6 is 12.2 Å². The van der Waals surface area contributed by atoms with Crippen LogP contribution in [0.25, 0.3) is 0 Å². The van der Waals surface area contributed by atoms with E-state index < -0.39 is 0 Å². The van der Waals surface area contributed by atoms with Gasteiger partial charge in [-0.25, -0.2) is 0 Å². The van der Waals surface area contributed by atoms with Crippen molar-refractivity contribution >= 4 is 28.7 Å². The lowest BCUT2D eigenvalue weighted by Gasteiger charge is -2.14. The zero-order valence-electron chi connectivity index (χ0n) is 13.4. The second-order valence-electron chi connectivity index (χ2n) is 4.81. The van der Waals surface area contributed by atoms with Crippen LogP contribution in [0.15, 0.2) is 18.2 Å². The molecule has 118 valence electrons. The van der Waals surface area contributed by atoms with E-state index >= 15 is 0 Å². The predicted molar refractivity (Wildman–Crippen MR) is 92.1 cm³/mol. The molecule has 22 heavy (non-hydrogen) atoms. The van der Waals surface area contributed by atoms with Gasteiger partial charge < -0.3 is 20.1 Å². The highest BCUT2D eigenvalue weighted by Crippen LogP contribution is 2.29. The van der Waals surface area contributed by atoms with Gasteiger partial charge in [0.2, 0.25) is 0 Å². The zero-order valence-corrected chi connectivity index (χ0v) is 14.2. The molecule has 2 aromatic rings. The lowest BCUT2D eigenvalue weighted by atomic mass is 10.2. The van der Waals surface area contributed by atoms with Crippen LogP contribution < -0.4 is 20.1 Å². The molecule has 0 spiro atoms. The number of hydrogen-bond acceptors (Lipinski definition) is 4. The quantitative estimate of drug-likeness (QED) is 0.845. The Kier molecular flexibility index (Phi) is 4.87. The van der Waals surface area contributed by atoms with Crippen molar-refractivity contribution in [2.24, 2.45) is 7.05 Å². The summed E-state index contributed by atoms with van der Waals surface area (Å²) in [6.45, 7) is 3.92. The molecular formula is C15H20N4O2S. The van der Waals surface area contributed by atoms with Gasteiger partial charge in [-0.3, -0.25) is 4.68 Å². The van der Waals surface area contributed by atoms with Gasteiger partial charge >= 0.3 is 0 Å². The normalized spacial score (nSPS) is 10.2. The molecule has 1 aromatic heterocycles. The molecule has 2 rings (SSSR count). The number of methoxy groups -OCH3 is 2. The number of aryl methyl sites for hydroxylation is 2. The van der Waals surface area contributed by atoms with Crippen LogP contribution in [0.1, 0.15) is 11.4 Å². The third kappa shape index (κ3) is 3.30. The summed E-state index contributed by atoms with van der Waals surface area (Å²) < 4.78 is 12.3. The molecule has 2 N–H and O–H groups in total. The highest BCUT2D eigenvalue weighted by atomic mass is 32.1. The molecule has 6 nitrogen and oxygen atoms in total. The molecule has 1 heterocycles. The molecule has 0 aliphatic heterocycles. The lowest BCUT2D eigenvalue weighted by Crippen LogP contribution is -2.20. The number of aromatic nitrogens is 2. The Morgan fingerprint density at radius 2 is 1.91 bits per heavy atom. The third-order valence-electron chi connectivity index (χ3n) is 3.40. The van der Waals surface area contributed by atoms with E-state index in [1.807, 2.05) is 37.7 Å². The van der Waals surface area contributed by atoms with Crippen LogP contribution in [0.3, 0.4) is 0 Å². The fourth-order valence-electron chi connectivity index (χ4n) is 2.12. The van der Waals surface area contributed by atoms with Crippen LogP contribution in [-0.4, -0.2) is 29.1 Å². The van der Waals surface area contributed by atoms with Crippen LogP contribution in [0, 0.1) is 13.8 Å². The molecular weight excluding hydrogens is 300 g/mol. The van der Waals surface area contributed by atoms with E-state index in [2.05, 4.69) is 15.7 Å².